The van der Waals surface area contributed by atoms with Crippen LogP contribution in [0.5, 0.6) is 0 Å². The number of benzene rings is 1. The Kier molecular flexibility index (Phi) is 5.40. The van der Waals surface area contributed by atoms with Crippen molar-refractivity contribution < 1.29 is 9.53 Å². The van der Waals surface area contributed by atoms with Crippen LogP contribution >= 0.6 is 11.3 Å². The van der Waals surface area contributed by atoms with Crippen LogP contribution in [0, 0.1) is 6.92 Å². The fraction of sp³-hybridized carbons (Fsp3) is 0.364. The molecule has 1 aromatic carbocycles. The molecule has 0 bridgehead atoms. The van der Waals surface area contributed by atoms with Crippen molar-refractivity contribution in [1.82, 2.24) is 24.1 Å². The highest BCUT2D eigenvalue weighted by Gasteiger charge is 2.23. The highest BCUT2D eigenvalue weighted by molar-refractivity contribution is 7.17. The summed E-state index contributed by atoms with van der Waals surface area (Å²) >= 11 is 1.29. The second-order valence-corrected chi connectivity index (χ2v) is 8.94. The predicted molar refractivity (Wildman–Crippen MR) is 121 cm³/mol. The molecule has 1 aliphatic rings. The summed E-state index contributed by atoms with van der Waals surface area (Å²) < 4.78 is 10.2. The fourth-order valence-electron chi connectivity index (χ4n) is 3.99. The highest BCUT2D eigenvalue weighted by Crippen LogP contribution is 2.19. The number of hydrogen-bond acceptors (Lipinski definition) is 6. The lowest BCUT2D eigenvalue weighted by Crippen LogP contribution is -2.32. The molecule has 1 saturated heterocycles. The summed E-state index contributed by atoms with van der Waals surface area (Å²) in [6.45, 7) is 3.12. The normalized spacial score (nSPS) is 16.2. The van der Waals surface area contributed by atoms with Gasteiger partial charge in [0.15, 0.2) is 0 Å². The Bertz CT molecular complexity index is 1410. The Morgan fingerprint density at radius 1 is 1.25 bits per heavy atom. The third kappa shape index (κ3) is 3.76. The van der Waals surface area contributed by atoms with Gasteiger partial charge >= 0.3 is 5.69 Å². The van der Waals surface area contributed by atoms with Gasteiger partial charge in [0, 0.05) is 13.2 Å². The van der Waals surface area contributed by atoms with Gasteiger partial charge in [-0.05, 0) is 36.8 Å². The molecule has 0 aliphatic carbocycles. The van der Waals surface area contributed by atoms with E-state index in [-0.39, 0.29) is 29.9 Å². The van der Waals surface area contributed by atoms with E-state index in [9.17, 15) is 14.4 Å². The van der Waals surface area contributed by atoms with E-state index in [4.69, 9.17) is 4.74 Å². The van der Waals surface area contributed by atoms with Crippen LogP contribution in [0.15, 0.2) is 45.3 Å². The van der Waals surface area contributed by atoms with Gasteiger partial charge in [0.25, 0.3) is 5.56 Å². The molecule has 3 aromatic heterocycles. The van der Waals surface area contributed by atoms with Crippen molar-refractivity contribution in [1.29, 1.82) is 0 Å². The summed E-state index contributed by atoms with van der Waals surface area (Å²) in [4.78, 5) is 38.7. The van der Waals surface area contributed by atoms with Crippen LogP contribution in [0.1, 0.15) is 24.0 Å². The number of aromatic nitrogens is 4. The molecule has 9 nitrogen and oxygen atoms in total. The minimum atomic E-state index is -0.449. The average Bonchev–Trinajstić information content (AvgIpc) is 3.52. The maximum Gasteiger partial charge on any atom is 0.352 e. The van der Waals surface area contributed by atoms with Gasteiger partial charge in [0.1, 0.15) is 11.2 Å². The van der Waals surface area contributed by atoms with Crippen molar-refractivity contribution in [2.75, 3.05) is 6.61 Å². The fourth-order valence-corrected chi connectivity index (χ4v) is 4.82. The van der Waals surface area contributed by atoms with Gasteiger partial charge in [-0.2, -0.15) is 0 Å². The molecule has 1 fully saturated rings. The number of thiophene rings is 1. The highest BCUT2D eigenvalue weighted by atomic mass is 32.1. The second-order valence-electron chi connectivity index (χ2n) is 8.02. The second kappa shape index (κ2) is 8.36. The minimum absolute atomic E-state index is 0.0908. The molecule has 1 N–H and O–H groups in total. The Morgan fingerprint density at radius 3 is 2.81 bits per heavy atom. The third-order valence-corrected chi connectivity index (χ3v) is 6.59. The standard InChI is InChI=1S/C22H23N5O4S/c1-14-4-6-15(7-5-14)11-23-18(28)13-26-22(30)27-17-8-10-32-19(17)20(29)25(21(27)24-26)12-16-3-2-9-31-16/h4-8,10,16H,2-3,9,11-13H2,1H3,(H,23,28). The number of hydrogen-bond donors (Lipinski definition) is 1. The first kappa shape index (κ1) is 20.7. The summed E-state index contributed by atoms with van der Waals surface area (Å²) in [5.41, 5.74) is 1.98. The minimum Gasteiger partial charge on any atom is -0.376 e. The number of ether oxygens (including phenoxy) is 1. The Labute approximate surface area is 186 Å². The van der Waals surface area contributed by atoms with Crippen molar-refractivity contribution in [2.45, 2.75) is 45.5 Å². The third-order valence-electron chi connectivity index (χ3n) is 5.70. The van der Waals surface area contributed by atoms with E-state index in [1.165, 1.54) is 20.3 Å². The van der Waals surface area contributed by atoms with E-state index in [0.717, 1.165) is 28.7 Å². The molecule has 32 heavy (non-hydrogen) atoms. The summed E-state index contributed by atoms with van der Waals surface area (Å²) in [7, 11) is 0. The van der Waals surface area contributed by atoms with Crippen LogP contribution < -0.4 is 16.6 Å². The summed E-state index contributed by atoms with van der Waals surface area (Å²) in [6, 6.07) is 9.59. The molecule has 0 spiro atoms. The van der Waals surface area contributed by atoms with Gasteiger partial charge in [-0.25, -0.2) is 13.9 Å². The number of carbonyl (C=O) groups excluding carboxylic acids is 1. The predicted octanol–water partition coefficient (Wildman–Crippen LogP) is 1.68. The van der Waals surface area contributed by atoms with Gasteiger partial charge in [-0.1, -0.05) is 29.8 Å². The number of rotatable bonds is 6. The van der Waals surface area contributed by atoms with E-state index in [0.29, 0.717) is 29.9 Å². The maximum absolute atomic E-state index is 13.1. The molecular formula is C22H23N5O4S. The SMILES string of the molecule is Cc1ccc(CNC(=O)Cn2nc3n(CC4CCCO4)c(=O)c4sccc4n3c2=O)cc1. The van der Waals surface area contributed by atoms with Crippen molar-refractivity contribution >= 4 is 33.2 Å². The molecule has 1 amide bonds. The number of amides is 1. The van der Waals surface area contributed by atoms with Crippen LogP contribution in [0.2, 0.25) is 0 Å². The number of nitrogens with zero attached hydrogens (tertiary/aromatic N) is 4. The lowest BCUT2D eigenvalue weighted by atomic mass is 10.1. The smallest absolute Gasteiger partial charge is 0.352 e. The summed E-state index contributed by atoms with van der Waals surface area (Å²) in [5.74, 6) is -0.0987. The summed E-state index contributed by atoms with van der Waals surface area (Å²) in [5, 5.41) is 8.97. The average molecular weight is 454 g/mol. The van der Waals surface area contributed by atoms with E-state index < -0.39 is 5.69 Å². The molecule has 1 aliphatic heterocycles. The van der Waals surface area contributed by atoms with Gasteiger partial charge in [0.2, 0.25) is 11.7 Å². The lowest BCUT2D eigenvalue weighted by molar-refractivity contribution is -0.122. The van der Waals surface area contributed by atoms with Crippen LogP contribution in [0.3, 0.4) is 0 Å². The lowest BCUT2D eigenvalue weighted by Gasteiger charge is -2.12. The Morgan fingerprint density at radius 2 is 2.06 bits per heavy atom. The van der Waals surface area contributed by atoms with Gasteiger partial charge in [-0.3, -0.25) is 14.2 Å². The molecule has 4 heterocycles. The molecule has 5 rings (SSSR count). The van der Waals surface area contributed by atoms with Crippen molar-refractivity contribution in [3.05, 3.63) is 67.7 Å². The van der Waals surface area contributed by atoms with E-state index >= 15 is 0 Å². The molecule has 1 atom stereocenters. The van der Waals surface area contributed by atoms with Crippen LogP contribution in [0.4, 0.5) is 0 Å². The molecule has 0 saturated carbocycles. The number of fused-ring (bicyclic) bond motifs is 3. The zero-order valence-electron chi connectivity index (χ0n) is 17.6. The van der Waals surface area contributed by atoms with Gasteiger partial charge < -0.3 is 10.1 Å². The number of nitrogens with one attached hydrogen (secondary N) is 1. The quantitative estimate of drug-likeness (QED) is 0.479. The Hall–Kier alpha value is -3.24. The molecule has 166 valence electrons. The van der Waals surface area contributed by atoms with Crippen molar-refractivity contribution in [3.63, 3.8) is 0 Å². The molecular weight excluding hydrogens is 430 g/mol. The molecule has 4 aromatic rings. The molecule has 0 radical (unpaired) electrons. The maximum atomic E-state index is 13.1. The van der Waals surface area contributed by atoms with Crippen molar-refractivity contribution in [3.8, 4) is 0 Å². The van der Waals surface area contributed by atoms with Crippen LogP contribution in [-0.2, 0) is 29.2 Å². The number of carbonyl (C=O) groups is 1. The summed E-state index contributed by atoms with van der Waals surface area (Å²) in [6.07, 6.45) is 1.71. The van der Waals surface area contributed by atoms with E-state index in [2.05, 4.69) is 10.4 Å². The Balaban J connectivity index is 1.46. The van der Waals surface area contributed by atoms with Gasteiger partial charge in [0.05, 0.1) is 18.2 Å². The zero-order chi connectivity index (χ0) is 22.2. The molecule has 1 unspecified atom stereocenters. The van der Waals surface area contributed by atoms with Crippen molar-refractivity contribution in [2.24, 2.45) is 0 Å². The van der Waals surface area contributed by atoms with E-state index in [1.807, 2.05) is 31.2 Å². The van der Waals surface area contributed by atoms with Crippen LogP contribution in [0.25, 0.3) is 16.0 Å². The number of aryl methyl sites for hydroxylation is 1. The monoisotopic (exact) mass is 453 g/mol. The molecule has 10 heteroatoms. The largest absolute Gasteiger partial charge is 0.376 e. The topological polar surface area (TPSA) is 99.6 Å². The van der Waals surface area contributed by atoms with Crippen LogP contribution in [-0.4, -0.2) is 37.4 Å². The first-order valence-electron chi connectivity index (χ1n) is 10.5. The first-order chi connectivity index (χ1) is 15.5. The zero-order valence-corrected chi connectivity index (χ0v) is 18.4. The van der Waals surface area contributed by atoms with E-state index in [1.54, 1.807) is 11.4 Å². The first-order valence-corrected chi connectivity index (χ1v) is 11.4. The van der Waals surface area contributed by atoms with Gasteiger partial charge in [-0.15, -0.1) is 16.4 Å².